The molecule has 0 heterocycles. The van der Waals surface area contributed by atoms with Crippen molar-refractivity contribution >= 4 is 40.8 Å². The number of rotatable bonds is 11. The average Bonchev–Trinajstić information content (AvgIpc) is 2.75. The highest BCUT2D eigenvalue weighted by molar-refractivity contribution is 6.35. The molecule has 0 fully saturated rings. The van der Waals surface area contributed by atoms with Crippen molar-refractivity contribution in [2.24, 2.45) is 0 Å². The van der Waals surface area contributed by atoms with Crippen LogP contribution in [0, 0.1) is 0 Å². The van der Waals surface area contributed by atoms with Crippen LogP contribution in [0.3, 0.4) is 0 Å². The minimum absolute atomic E-state index is 0.0860. The molecule has 0 aliphatic carbocycles. The van der Waals surface area contributed by atoms with E-state index in [9.17, 15) is 9.59 Å². The minimum atomic E-state index is -0.522. The van der Waals surface area contributed by atoms with E-state index in [1.54, 1.807) is 30.3 Å². The Bertz CT molecular complexity index is 896. The molecule has 0 bridgehead atoms. The highest BCUT2D eigenvalue weighted by atomic mass is 35.5. The first kappa shape index (κ1) is 24.4. The molecule has 0 aliphatic heterocycles. The zero-order chi connectivity index (χ0) is 22.8. The van der Waals surface area contributed by atoms with Gasteiger partial charge < -0.3 is 29.0 Å². The van der Waals surface area contributed by atoms with Gasteiger partial charge in [-0.05, 0) is 24.6 Å². The van der Waals surface area contributed by atoms with Gasteiger partial charge in [-0.15, -0.1) is 0 Å². The van der Waals surface area contributed by atoms with Gasteiger partial charge in [0.2, 0.25) is 5.75 Å². The third-order valence-corrected chi connectivity index (χ3v) is 4.52. The molecule has 0 atom stereocenters. The number of benzene rings is 2. The maximum atomic E-state index is 12.1. The van der Waals surface area contributed by atoms with Crippen molar-refractivity contribution in [1.29, 1.82) is 0 Å². The number of ether oxygens (including phenoxy) is 5. The Hall–Kier alpha value is -2.84. The predicted molar refractivity (Wildman–Crippen MR) is 117 cm³/mol. The summed E-state index contributed by atoms with van der Waals surface area (Å²) >= 11 is 11.8. The van der Waals surface area contributed by atoms with Gasteiger partial charge in [0.1, 0.15) is 5.75 Å². The topological polar surface area (TPSA) is 92.3 Å². The van der Waals surface area contributed by atoms with Gasteiger partial charge >= 0.3 is 5.97 Å². The lowest BCUT2D eigenvalue weighted by Crippen LogP contribution is -2.21. The summed E-state index contributed by atoms with van der Waals surface area (Å²) in [6.45, 7) is -0.173. The van der Waals surface area contributed by atoms with Crippen LogP contribution in [0.2, 0.25) is 10.0 Å². The molecule has 2 aromatic carbocycles. The van der Waals surface area contributed by atoms with Crippen LogP contribution >= 0.6 is 23.2 Å². The number of amides is 1. The first-order valence-corrected chi connectivity index (χ1v) is 9.96. The standard InChI is InChI=1S/C21H23Cl2NO7/c1-27-17-10-14(11-18(28-2)21(17)29-3)24-19(25)12-31-20(26)5-4-8-30-16-7-6-13(22)9-15(16)23/h6-7,9-11H,4-5,8,12H2,1-3H3,(H,24,25). The molecule has 0 aliphatic rings. The molecule has 2 rings (SSSR count). The fraction of sp³-hybridized carbons (Fsp3) is 0.333. The molecule has 0 saturated heterocycles. The zero-order valence-corrected chi connectivity index (χ0v) is 18.8. The van der Waals surface area contributed by atoms with Crippen molar-refractivity contribution < 1.29 is 33.3 Å². The minimum Gasteiger partial charge on any atom is -0.493 e. The Morgan fingerprint density at radius 3 is 2.19 bits per heavy atom. The summed E-state index contributed by atoms with van der Waals surface area (Å²) in [5.74, 6) is 0.614. The van der Waals surface area contributed by atoms with E-state index in [1.807, 2.05) is 0 Å². The lowest BCUT2D eigenvalue weighted by molar-refractivity contribution is -0.147. The molecule has 0 unspecified atom stereocenters. The Labute approximate surface area is 190 Å². The van der Waals surface area contributed by atoms with Crippen molar-refractivity contribution in [3.8, 4) is 23.0 Å². The molecule has 0 aromatic heterocycles. The number of carbonyl (C=O) groups excluding carboxylic acids is 2. The zero-order valence-electron chi connectivity index (χ0n) is 17.3. The molecule has 8 nitrogen and oxygen atoms in total. The maximum absolute atomic E-state index is 12.1. The summed E-state index contributed by atoms with van der Waals surface area (Å²) in [5.41, 5.74) is 0.406. The fourth-order valence-corrected chi connectivity index (χ4v) is 3.02. The van der Waals surface area contributed by atoms with E-state index in [-0.39, 0.29) is 13.0 Å². The van der Waals surface area contributed by atoms with E-state index in [0.717, 1.165) is 0 Å². The Morgan fingerprint density at radius 1 is 0.935 bits per heavy atom. The van der Waals surface area contributed by atoms with Crippen LogP contribution in [0.4, 0.5) is 5.69 Å². The third kappa shape index (κ3) is 7.41. The molecule has 168 valence electrons. The molecular formula is C21H23Cl2NO7. The second kappa shape index (κ2) is 12.1. The Morgan fingerprint density at radius 2 is 1.61 bits per heavy atom. The summed E-state index contributed by atoms with van der Waals surface area (Å²) in [4.78, 5) is 23.9. The van der Waals surface area contributed by atoms with Gasteiger partial charge in [0.15, 0.2) is 18.1 Å². The number of hydrogen-bond donors (Lipinski definition) is 1. The van der Waals surface area contributed by atoms with Crippen LogP contribution < -0.4 is 24.3 Å². The number of esters is 1. The summed E-state index contributed by atoms with van der Waals surface area (Å²) in [5, 5.41) is 3.51. The number of hydrogen-bond acceptors (Lipinski definition) is 7. The van der Waals surface area contributed by atoms with Gasteiger partial charge in [0.05, 0.1) is 33.0 Å². The van der Waals surface area contributed by atoms with Crippen molar-refractivity contribution in [1.82, 2.24) is 0 Å². The van der Waals surface area contributed by atoms with E-state index < -0.39 is 18.5 Å². The maximum Gasteiger partial charge on any atom is 0.306 e. The molecule has 0 saturated carbocycles. The molecule has 31 heavy (non-hydrogen) atoms. The van der Waals surface area contributed by atoms with Crippen molar-refractivity contribution in [2.45, 2.75) is 12.8 Å². The van der Waals surface area contributed by atoms with Crippen LogP contribution in [0.1, 0.15) is 12.8 Å². The summed E-state index contributed by atoms with van der Waals surface area (Å²) < 4.78 is 26.2. The predicted octanol–water partition coefficient (Wildman–Crippen LogP) is 4.36. The second-order valence-electron chi connectivity index (χ2n) is 6.15. The fourth-order valence-electron chi connectivity index (χ4n) is 2.56. The lowest BCUT2D eigenvalue weighted by atomic mass is 10.2. The summed E-state index contributed by atoms with van der Waals surface area (Å²) in [6, 6.07) is 8.01. The SMILES string of the molecule is COc1cc(NC(=O)COC(=O)CCCOc2ccc(Cl)cc2Cl)cc(OC)c1OC. The van der Waals surface area contributed by atoms with Crippen LogP contribution in [-0.2, 0) is 14.3 Å². The molecule has 10 heteroatoms. The van der Waals surface area contributed by atoms with E-state index in [2.05, 4.69) is 5.32 Å². The summed E-state index contributed by atoms with van der Waals surface area (Å²) in [7, 11) is 4.41. The van der Waals surface area contributed by atoms with Gasteiger partial charge in [-0.3, -0.25) is 9.59 Å². The first-order valence-electron chi connectivity index (χ1n) is 9.21. The van der Waals surface area contributed by atoms with Gasteiger partial charge in [0, 0.05) is 29.3 Å². The molecule has 1 amide bonds. The third-order valence-electron chi connectivity index (χ3n) is 3.99. The normalized spacial score (nSPS) is 10.2. The van der Waals surface area contributed by atoms with Crippen molar-refractivity contribution in [2.75, 3.05) is 39.9 Å². The molecular weight excluding hydrogens is 449 g/mol. The second-order valence-corrected chi connectivity index (χ2v) is 6.99. The number of halogens is 2. The van der Waals surface area contributed by atoms with E-state index in [1.165, 1.54) is 21.3 Å². The van der Waals surface area contributed by atoms with Crippen molar-refractivity contribution in [3.63, 3.8) is 0 Å². The average molecular weight is 472 g/mol. The van der Waals surface area contributed by atoms with Gasteiger partial charge in [-0.2, -0.15) is 0 Å². The van der Waals surface area contributed by atoms with E-state index in [0.29, 0.717) is 45.2 Å². The van der Waals surface area contributed by atoms with Crippen LogP contribution in [0.5, 0.6) is 23.0 Å². The quantitative estimate of drug-likeness (QED) is 0.384. The smallest absolute Gasteiger partial charge is 0.306 e. The highest BCUT2D eigenvalue weighted by Crippen LogP contribution is 2.39. The number of methoxy groups -OCH3 is 3. The molecule has 0 radical (unpaired) electrons. The largest absolute Gasteiger partial charge is 0.493 e. The number of anilines is 1. The van der Waals surface area contributed by atoms with Crippen LogP contribution in [0.15, 0.2) is 30.3 Å². The van der Waals surface area contributed by atoms with Crippen LogP contribution in [0.25, 0.3) is 0 Å². The Kier molecular flexibility index (Phi) is 9.55. The van der Waals surface area contributed by atoms with E-state index >= 15 is 0 Å². The van der Waals surface area contributed by atoms with Crippen molar-refractivity contribution in [3.05, 3.63) is 40.4 Å². The van der Waals surface area contributed by atoms with E-state index in [4.69, 9.17) is 46.9 Å². The molecule has 0 spiro atoms. The number of nitrogens with one attached hydrogen (secondary N) is 1. The monoisotopic (exact) mass is 471 g/mol. The lowest BCUT2D eigenvalue weighted by Gasteiger charge is -2.14. The Balaban J connectivity index is 1.76. The number of carbonyl (C=O) groups is 2. The summed E-state index contributed by atoms with van der Waals surface area (Å²) in [6.07, 6.45) is 0.481. The molecule has 1 N–H and O–H groups in total. The van der Waals surface area contributed by atoms with Gasteiger partial charge in [-0.25, -0.2) is 0 Å². The highest BCUT2D eigenvalue weighted by Gasteiger charge is 2.15. The van der Waals surface area contributed by atoms with Gasteiger partial charge in [-0.1, -0.05) is 23.2 Å². The molecule has 2 aromatic rings. The first-order chi connectivity index (χ1) is 14.9. The van der Waals surface area contributed by atoms with Gasteiger partial charge in [0.25, 0.3) is 5.91 Å². The van der Waals surface area contributed by atoms with Crippen LogP contribution in [-0.4, -0.2) is 46.4 Å².